The number of rotatable bonds is 9. The van der Waals surface area contributed by atoms with Crippen molar-refractivity contribution in [1.82, 2.24) is 10.6 Å². The topological polar surface area (TPSA) is 78.4 Å². The molecule has 0 aliphatic heterocycles. The van der Waals surface area contributed by atoms with E-state index in [1.165, 1.54) is 25.7 Å². The summed E-state index contributed by atoms with van der Waals surface area (Å²) in [5.74, 6) is -1.04. The fourth-order valence-electron chi connectivity index (χ4n) is 2.68. The van der Waals surface area contributed by atoms with Crippen LogP contribution in [0.25, 0.3) is 0 Å². The summed E-state index contributed by atoms with van der Waals surface area (Å²) >= 11 is 0. The summed E-state index contributed by atoms with van der Waals surface area (Å²) in [7, 11) is 0. The molecular formula is C15H28N2O3. The minimum Gasteiger partial charge on any atom is -0.481 e. The summed E-state index contributed by atoms with van der Waals surface area (Å²) < 4.78 is 0. The number of carbonyl (C=O) groups excluding carboxylic acids is 1. The van der Waals surface area contributed by atoms with Gasteiger partial charge in [-0.2, -0.15) is 0 Å². The Morgan fingerprint density at radius 1 is 1.10 bits per heavy atom. The third kappa shape index (κ3) is 6.78. The molecule has 2 atom stereocenters. The molecule has 1 aliphatic rings. The number of nitrogens with one attached hydrogen (secondary N) is 2. The van der Waals surface area contributed by atoms with Crippen molar-refractivity contribution in [3.8, 4) is 0 Å². The fourth-order valence-corrected chi connectivity index (χ4v) is 2.68. The van der Waals surface area contributed by atoms with Crippen LogP contribution in [0.3, 0.4) is 0 Å². The van der Waals surface area contributed by atoms with Gasteiger partial charge in [0.1, 0.15) is 0 Å². The lowest BCUT2D eigenvalue weighted by molar-refractivity contribution is -0.141. The number of aliphatic carboxylic acids is 1. The number of hydrogen-bond acceptors (Lipinski definition) is 2. The molecule has 1 aliphatic carbocycles. The molecule has 5 heteroatoms. The molecule has 2 amide bonds. The highest BCUT2D eigenvalue weighted by Crippen LogP contribution is 2.25. The van der Waals surface area contributed by atoms with Crippen molar-refractivity contribution >= 4 is 12.0 Å². The first-order valence-corrected chi connectivity index (χ1v) is 7.90. The maximum absolute atomic E-state index is 11.6. The molecule has 0 aromatic rings. The zero-order valence-electron chi connectivity index (χ0n) is 12.5. The van der Waals surface area contributed by atoms with Crippen LogP contribution in [-0.4, -0.2) is 29.7 Å². The minimum atomic E-state index is -0.748. The van der Waals surface area contributed by atoms with Crippen LogP contribution >= 0.6 is 0 Å². The largest absolute Gasteiger partial charge is 0.481 e. The Morgan fingerprint density at radius 2 is 1.80 bits per heavy atom. The van der Waals surface area contributed by atoms with Gasteiger partial charge in [-0.1, -0.05) is 39.0 Å². The highest BCUT2D eigenvalue weighted by atomic mass is 16.4. The second kappa shape index (κ2) is 9.61. The molecule has 0 spiro atoms. The maximum atomic E-state index is 11.6. The molecule has 20 heavy (non-hydrogen) atoms. The first-order valence-electron chi connectivity index (χ1n) is 7.90. The van der Waals surface area contributed by atoms with Crippen LogP contribution in [-0.2, 0) is 4.79 Å². The summed E-state index contributed by atoms with van der Waals surface area (Å²) in [5, 5.41) is 14.6. The van der Waals surface area contributed by atoms with Crippen molar-refractivity contribution in [3.63, 3.8) is 0 Å². The van der Waals surface area contributed by atoms with Crippen LogP contribution in [0.5, 0.6) is 0 Å². The normalized spacial score (nSPS) is 21.6. The molecule has 3 N–H and O–H groups in total. The van der Waals surface area contributed by atoms with Crippen molar-refractivity contribution in [2.45, 2.75) is 70.8 Å². The predicted octanol–water partition coefficient (Wildman–Crippen LogP) is 2.90. The highest BCUT2D eigenvalue weighted by Gasteiger charge is 2.30. The van der Waals surface area contributed by atoms with Crippen LogP contribution in [0, 0.1) is 5.92 Å². The number of carboxylic acid groups (broad SMARTS) is 1. The molecule has 0 bridgehead atoms. The molecule has 0 aromatic carbocycles. The number of amides is 2. The van der Waals surface area contributed by atoms with Crippen LogP contribution in [0.2, 0.25) is 0 Å². The van der Waals surface area contributed by atoms with Gasteiger partial charge in [-0.05, 0) is 25.7 Å². The summed E-state index contributed by atoms with van der Waals surface area (Å²) in [6.45, 7) is 2.90. The summed E-state index contributed by atoms with van der Waals surface area (Å²) in [5.41, 5.74) is 0. The van der Waals surface area contributed by atoms with Gasteiger partial charge in [-0.25, -0.2) is 4.79 Å². The first kappa shape index (κ1) is 16.8. The van der Waals surface area contributed by atoms with E-state index in [1.807, 2.05) is 0 Å². The monoisotopic (exact) mass is 284 g/mol. The van der Waals surface area contributed by atoms with Gasteiger partial charge in [0.2, 0.25) is 0 Å². The molecule has 1 saturated carbocycles. The Balaban J connectivity index is 2.00. The van der Waals surface area contributed by atoms with Crippen LogP contribution in [0.1, 0.15) is 64.7 Å². The molecule has 1 fully saturated rings. The van der Waals surface area contributed by atoms with E-state index < -0.39 is 5.97 Å². The van der Waals surface area contributed by atoms with Crippen LogP contribution in [0.4, 0.5) is 4.79 Å². The van der Waals surface area contributed by atoms with E-state index in [0.29, 0.717) is 19.4 Å². The Morgan fingerprint density at radius 3 is 2.45 bits per heavy atom. The summed E-state index contributed by atoms with van der Waals surface area (Å²) in [6, 6.07) is -0.143. The lowest BCUT2D eigenvalue weighted by Gasteiger charge is -2.13. The van der Waals surface area contributed by atoms with Crippen molar-refractivity contribution in [2.75, 3.05) is 6.54 Å². The van der Waals surface area contributed by atoms with Crippen molar-refractivity contribution in [2.24, 2.45) is 5.92 Å². The average molecular weight is 284 g/mol. The molecular weight excluding hydrogens is 256 g/mol. The fraction of sp³-hybridized carbons (Fsp3) is 0.867. The Bertz CT molecular complexity index is 307. The molecule has 116 valence electrons. The third-order valence-corrected chi connectivity index (χ3v) is 3.93. The smallest absolute Gasteiger partial charge is 0.315 e. The summed E-state index contributed by atoms with van der Waals surface area (Å²) in [4.78, 5) is 22.5. The van der Waals surface area contributed by atoms with Gasteiger partial charge in [-0.15, -0.1) is 0 Å². The van der Waals surface area contributed by atoms with Crippen LogP contribution < -0.4 is 10.6 Å². The number of carbonyl (C=O) groups is 2. The number of unbranched alkanes of at least 4 members (excludes halogenated alkanes) is 5. The van der Waals surface area contributed by atoms with Gasteiger partial charge >= 0.3 is 12.0 Å². The standard InChI is InChI=1S/C15H28N2O3/c1-2-3-4-5-6-7-10-16-15(20)17-13-9-8-12(11-13)14(18)19/h12-13H,2-11H2,1H3,(H,18,19)(H2,16,17,20). The molecule has 2 unspecified atom stereocenters. The zero-order valence-corrected chi connectivity index (χ0v) is 12.5. The molecule has 0 radical (unpaired) electrons. The summed E-state index contributed by atoms with van der Waals surface area (Å²) in [6.07, 6.45) is 9.21. The molecule has 0 heterocycles. The van der Waals surface area contributed by atoms with E-state index in [9.17, 15) is 9.59 Å². The van der Waals surface area contributed by atoms with Crippen LogP contribution in [0.15, 0.2) is 0 Å². The average Bonchev–Trinajstić information content (AvgIpc) is 2.86. The quantitative estimate of drug-likeness (QED) is 0.570. The van der Waals surface area contributed by atoms with E-state index in [0.717, 1.165) is 19.3 Å². The number of urea groups is 1. The van der Waals surface area contributed by atoms with E-state index in [-0.39, 0.29) is 18.0 Å². The zero-order chi connectivity index (χ0) is 14.8. The second-order valence-corrected chi connectivity index (χ2v) is 5.71. The Kier molecular flexibility index (Phi) is 8.07. The highest BCUT2D eigenvalue weighted by molar-refractivity contribution is 5.75. The van der Waals surface area contributed by atoms with E-state index in [1.54, 1.807) is 0 Å². The SMILES string of the molecule is CCCCCCCCNC(=O)NC1CCC(C(=O)O)C1. The predicted molar refractivity (Wildman–Crippen MR) is 78.7 cm³/mol. The molecule has 1 rings (SSSR count). The first-order chi connectivity index (χ1) is 9.63. The lowest BCUT2D eigenvalue weighted by atomic mass is 10.1. The molecule has 0 aromatic heterocycles. The Hall–Kier alpha value is -1.26. The van der Waals surface area contributed by atoms with Crippen molar-refractivity contribution in [3.05, 3.63) is 0 Å². The van der Waals surface area contributed by atoms with Crippen molar-refractivity contribution < 1.29 is 14.7 Å². The van der Waals surface area contributed by atoms with E-state index in [4.69, 9.17) is 5.11 Å². The van der Waals surface area contributed by atoms with Gasteiger partial charge in [-0.3, -0.25) is 4.79 Å². The van der Waals surface area contributed by atoms with Gasteiger partial charge < -0.3 is 15.7 Å². The van der Waals surface area contributed by atoms with E-state index in [2.05, 4.69) is 17.6 Å². The number of hydrogen-bond donors (Lipinski definition) is 3. The third-order valence-electron chi connectivity index (χ3n) is 3.93. The minimum absolute atomic E-state index is 0.0145. The number of carboxylic acids is 1. The molecule has 5 nitrogen and oxygen atoms in total. The second-order valence-electron chi connectivity index (χ2n) is 5.71. The maximum Gasteiger partial charge on any atom is 0.315 e. The van der Waals surface area contributed by atoms with E-state index >= 15 is 0 Å². The Labute approximate surface area is 121 Å². The molecule has 0 saturated heterocycles. The van der Waals surface area contributed by atoms with Gasteiger partial charge in [0, 0.05) is 12.6 Å². The lowest BCUT2D eigenvalue weighted by Crippen LogP contribution is -2.41. The van der Waals surface area contributed by atoms with Gasteiger partial charge in [0.15, 0.2) is 0 Å². The van der Waals surface area contributed by atoms with Gasteiger partial charge in [0.05, 0.1) is 5.92 Å². The van der Waals surface area contributed by atoms with Crippen molar-refractivity contribution in [1.29, 1.82) is 0 Å². The van der Waals surface area contributed by atoms with Gasteiger partial charge in [0.25, 0.3) is 0 Å².